The van der Waals surface area contributed by atoms with Gasteiger partial charge >= 0.3 is 0 Å². The molecule has 20 heavy (non-hydrogen) atoms. The predicted molar refractivity (Wildman–Crippen MR) is 83.0 cm³/mol. The molecule has 2 rings (SSSR count). The third-order valence-electron chi connectivity index (χ3n) is 2.92. The Labute approximate surface area is 125 Å². The van der Waals surface area contributed by atoms with Gasteiger partial charge in [-0.2, -0.15) is 0 Å². The summed E-state index contributed by atoms with van der Waals surface area (Å²) in [5.74, 6) is 3.05. The van der Waals surface area contributed by atoms with Crippen LogP contribution in [0.4, 0.5) is 0 Å². The molecular weight excluding hydrogens is 272 g/mol. The minimum Gasteiger partial charge on any atom is -0.494 e. The van der Waals surface area contributed by atoms with Gasteiger partial charge in [-0.1, -0.05) is 19.1 Å². The maximum Gasteiger partial charge on any atom is 0.130 e. The van der Waals surface area contributed by atoms with Crippen molar-refractivity contribution in [3.63, 3.8) is 0 Å². The number of alkyl halides is 1. The van der Waals surface area contributed by atoms with Gasteiger partial charge in [0.2, 0.25) is 0 Å². The van der Waals surface area contributed by atoms with E-state index >= 15 is 0 Å². The second-order valence-electron chi connectivity index (χ2n) is 4.66. The molecule has 0 bridgehead atoms. The van der Waals surface area contributed by atoms with Crippen LogP contribution in [0.15, 0.2) is 42.5 Å². The predicted octanol–water partition coefficient (Wildman–Crippen LogP) is 5.31. The SMILES string of the molecule is CCCOc1ccc(Oc2ccc(CCl)cc2)c(C)c1. The van der Waals surface area contributed by atoms with Crippen LogP contribution in [0.25, 0.3) is 0 Å². The van der Waals surface area contributed by atoms with Crippen LogP contribution in [-0.4, -0.2) is 6.61 Å². The van der Waals surface area contributed by atoms with Crippen LogP contribution in [0.3, 0.4) is 0 Å². The summed E-state index contributed by atoms with van der Waals surface area (Å²) in [5, 5.41) is 0. The molecule has 3 heteroatoms. The first-order valence-corrected chi connectivity index (χ1v) is 7.32. The van der Waals surface area contributed by atoms with Crippen LogP contribution < -0.4 is 9.47 Å². The van der Waals surface area contributed by atoms with Crippen LogP contribution >= 0.6 is 11.6 Å². The average Bonchev–Trinajstić information content (AvgIpc) is 2.48. The lowest BCUT2D eigenvalue weighted by Gasteiger charge is -2.11. The Morgan fingerprint density at radius 3 is 2.30 bits per heavy atom. The van der Waals surface area contributed by atoms with E-state index < -0.39 is 0 Å². The van der Waals surface area contributed by atoms with Gasteiger partial charge in [-0.3, -0.25) is 0 Å². The number of ether oxygens (including phenoxy) is 2. The quantitative estimate of drug-likeness (QED) is 0.671. The minimum atomic E-state index is 0.517. The van der Waals surface area contributed by atoms with Crippen molar-refractivity contribution in [3.8, 4) is 17.2 Å². The van der Waals surface area contributed by atoms with Gasteiger partial charge in [-0.25, -0.2) is 0 Å². The topological polar surface area (TPSA) is 18.5 Å². The van der Waals surface area contributed by atoms with Gasteiger partial charge in [0, 0.05) is 5.88 Å². The summed E-state index contributed by atoms with van der Waals surface area (Å²) in [7, 11) is 0. The largest absolute Gasteiger partial charge is 0.494 e. The van der Waals surface area contributed by atoms with Crippen LogP contribution in [0.2, 0.25) is 0 Å². The lowest BCUT2D eigenvalue weighted by Crippen LogP contribution is -1.96. The summed E-state index contributed by atoms with van der Waals surface area (Å²) in [6.07, 6.45) is 1.00. The molecule has 0 N–H and O–H groups in total. The molecule has 0 saturated carbocycles. The standard InChI is InChI=1S/C17H19ClO2/c1-3-10-19-16-8-9-17(13(2)11-16)20-15-6-4-14(12-18)5-7-15/h4-9,11H,3,10,12H2,1-2H3. The van der Waals surface area contributed by atoms with Gasteiger partial charge in [0.15, 0.2) is 0 Å². The second kappa shape index (κ2) is 7.20. The first kappa shape index (κ1) is 14.7. The summed E-state index contributed by atoms with van der Waals surface area (Å²) in [4.78, 5) is 0. The van der Waals surface area contributed by atoms with E-state index in [0.29, 0.717) is 5.88 Å². The molecule has 0 amide bonds. The molecule has 0 aliphatic carbocycles. The summed E-state index contributed by atoms with van der Waals surface area (Å²) in [6, 6.07) is 13.7. The van der Waals surface area contributed by atoms with Gasteiger partial charge in [-0.05, 0) is 54.8 Å². The smallest absolute Gasteiger partial charge is 0.130 e. The molecule has 0 aliphatic heterocycles. The van der Waals surface area contributed by atoms with Gasteiger partial charge in [0.05, 0.1) is 6.61 Å². The number of aryl methyl sites for hydroxylation is 1. The molecule has 2 aromatic rings. The highest BCUT2D eigenvalue weighted by molar-refractivity contribution is 6.17. The molecule has 0 heterocycles. The van der Waals surface area contributed by atoms with E-state index in [4.69, 9.17) is 21.1 Å². The van der Waals surface area contributed by atoms with Gasteiger partial charge in [0.25, 0.3) is 0 Å². The number of halogens is 1. The van der Waals surface area contributed by atoms with E-state index in [1.807, 2.05) is 49.4 Å². The Morgan fingerprint density at radius 1 is 1.00 bits per heavy atom. The van der Waals surface area contributed by atoms with E-state index in [0.717, 1.165) is 41.4 Å². The van der Waals surface area contributed by atoms with Crippen molar-refractivity contribution in [3.05, 3.63) is 53.6 Å². The van der Waals surface area contributed by atoms with E-state index in [1.165, 1.54) is 0 Å². The van der Waals surface area contributed by atoms with Crippen molar-refractivity contribution in [2.24, 2.45) is 0 Å². The summed E-state index contributed by atoms with van der Waals surface area (Å²) in [5.41, 5.74) is 2.14. The van der Waals surface area contributed by atoms with Crippen LogP contribution in [0.5, 0.6) is 17.2 Å². The lowest BCUT2D eigenvalue weighted by molar-refractivity contribution is 0.316. The number of hydrogen-bond donors (Lipinski definition) is 0. The van der Waals surface area contributed by atoms with Crippen molar-refractivity contribution in [2.45, 2.75) is 26.1 Å². The van der Waals surface area contributed by atoms with Gasteiger partial charge in [-0.15, -0.1) is 11.6 Å². The summed E-state index contributed by atoms with van der Waals surface area (Å²) >= 11 is 5.77. The molecular formula is C17H19ClO2. The number of rotatable bonds is 6. The first-order valence-electron chi connectivity index (χ1n) is 6.79. The van der Waals surface area contributed by atoms with Gasteiger partial charge < -0.3 is 9.47 Å². The van der Waals surface area contributed by atoms with E-state index in [-0.39, 0.29) is 0 Å². The highest BCUT2D eigenvalue weighted by Gasteiger charge is 2.04. The molecule has 2 nitrogen and oxygen atoms in total. The van der Waals surface area contributed by atoms with Crippen molar-refractivity contribution in [2.75, 3.05) is 6.61 Å². The molecule has 106 valence electrons. The van der Waals surface area contributed by atoms with Crippen LogP contribution in [-0.2, 0) is 5.88 Å². The van der Waals surface area contributed by atoms with Crippen LogP contribution in [0, 0.1) is 6.92 Å². The Kier molecular flexibility index (Phi) is 5.31. The third-order valence-corrected chi connectivity index (χ3v) is 3.23. The Balaban J connectivity index is 2.08. The fraction of sp³-hybridized carbons (Fsp3) is 0.294. The molecule has 0 unspecified atom stereocenters. The monoisotopic (exact) mass is 290 g/mol. The fourth-order valence-electron chi connectivity index (χ4n) is 1.82. The second-order valence-corrected chi connectivity index (χ2v) is 4.92. The molecule has 0 spiro atoms. The summed E-state index contributed by atoms with van der Waals surface area (Å²) in [6.45, 7) is 4.84. The Morgan fingerprint density at radius 2 is 1.70 bits per heavy atom. The van der Waals surface area contributed by atoms with Crippen LogP contribution in [0.1, 0.15) is 24.5 Å². The normalized spacial score (nSPS) is 10.3. The lowest BCUT2D eigenvalue weighted by atomic mass is 10.2. The van der Waals surface area contributed by atoms with Crippen molar-refractivity contribution in [1.82, 2.24) is 0 Å². The first-order chi connectivity index (χ1) is 9.72. The number of hydrogen-bond acceptors (Lipinski definition) is 2. The number of benzene rings is 2. The molecule has 0 atom stereocenters. The zero-order valence-electron chi connectivity index (χ0n) is 11.9. The van der Waals surface area contributed by atoms with E-state index in [9.17, 15) is 0 Å². The van der Waals surface area contributed by atoms with Crippen molar-refractivity contribution in [1.29, 1.82) is 0 Å². The van der Waals surface area contributed by atoms with Crippen molar-refractivity contribution >= 4 is 11.6 Å². The van der Waals surface area contributed by atoms with Crippen molar-refractivity contribution < 1.29 is 9.47 Å². The highest BCUT2D eigenvalue weighted by atomic mass is 35.5. The van der Waals surface area contributed by atoms with Gasteiger partial charge in [0.1, 0.15) is 17.2 Å². The molecule has 0 aliphatic rings. The zero-order chi connectivity index (χ0) is 14.4. The average molecular weight is 291 g/mol. The zero-order valence-corrected chi connectivity index (χ0v) is 12.6. The molecule has 2 aromatic carbocycles. The maximum atomic E-state index is 5.87. The highest BCUT2D eigenvalue weighted by Crippen LogP contribution is 2.28. The fourth-order valence-corrected chi connectivity index (χ4v) is 2.00. The van der Waals surface area contributed by atoms with E-state index in [1.54, 1.807) is 0 Å². The maximum absolute atomic E-state index is 5.87. The Bertz CT molecular complexity index is 549. The summed E-state index contributed by atoms with van der Waals surface area (Å²) < 4.78 is 11.5. The minimum absolute atomic E-state index is 0.517. The Hall–Kier alpha value is -1.67. The molecule has 0 saturated heterocycles. The molecule has 0 aromatic heterocycles. The third kappa shape index (κ3) is 3.91. The van der Waals surface area contributed by atoms with E-state index in [2.05, 4.69) is 6.92 Å². The molecule has 0 fully saturated rings. The molecule has 0 radical (unpaired) electrons.